The summed E-state index contributed by atoms with van der Waals surface area (Å²) in [6, 6.07) is 0. The second-order valence-corrected chi connectivity index (χ2v) is 3.94. The predicted molar refractivity (Wildman–Crippen MR) is 50.6 cm³/mol. The summed E-state index contributed by atoms with van der Waals surface area (Å²) in [7, 11) is 0. The molecule has 0 radical (unpaired) electrons. The summed E-state index contributed by atoms with van der Waals surface area (Å²) < 4.78 is 0. The van der Waals surface area contributed by atoms with Crippen LogP contribution in [0.4, 0.5) is 0 Å². The molecule has 0 aliphatic heterocycles. The summed E-state index contributed by atoms with van der Waals surface area (Å²) in [6.45, 7) is 0. The summed E-state index contributed by atoms with van der Waals surface area (Å²) >= 11 is 0. The highest BCUT2D eigenvalue weighted by atomic mass is 16.4. The molecule has 1 saturated carbocycles. The lowest BCUT2D eigenvalue weighted by atomic mass is 10.1. The van der Waals surface area contributed by atoms with Gasteiger partial charge in [0.15, 0.2) is 0 Å². The normalized spacial score (nSPS) is 44.8. The van der Waals surface area contributed by atoms with Crippen molar-refractivity contribution in [1.82, 2.24) is 0 Å². The Kier molecular flexibility index (Phi) is 1.29. The van der Waals surface area contributed by atoms with Gasteiger partial charge in [-0.3, -0.25) is 0 Å². The lowest BCUT2D eigenvalue weighted by Gasteiger charge is -1.98. The summed E-state index contributed by atoms with van der Waals surface area (Å²) in [6.07, 6.45) is 12.8. The molecule has 0 saturated heterocycles. The van der Waals surface area contributed by atoms with E-state index >= 15 is 0 Å². The number of oxime groups is 1. The average molecular weight is 173 g/mol. The Morgan fingerprint density at radius 3 is 2.46 bits per heavy atom. The lowest BCUT2D eigenvalue weighted by molar-refractivity contribution is 0.321. The zero-order valence-corrected chi connectivity index (χ0v) is 7.17. The van der Waals surface area contributed by atoms with Gasteiger partial charge in [-0.1, -0.05) is 35.5 Å². The van der Waals surface area contributed by atoms with E-state index in [0.717, 1.165) is 0 Å². The highest BCUT2D eigenvalue weighted by Crippen LogP contribution is 2.55. The van der Waals surface area contributed by atoms with Crippen molar-refractivity contribution in [2.45, 2.75) is 0 Å². The van der Waals surface area contributed by atoms with E-state index in [4.69, 9.17) is 5.21 Å². The zero-order valence-electron chi connectivity index (χ0n) is 7.17. The third-order valence-corrected chi connectivity index (χ3v) is 3.22. The van der Waals surface area contributed by atoms with Gasteiger partial charge in [0.1, 0.15) is 0 Å². The van der Waals surface area contributed by atoms with E-state index < -0.39 is 0 Å². The van der Waals surface area contributed by atoms with E-state index in [2.05, 4.69) is 35.5 Å². The number of allylic oxidation sites excluding steroid dienone is 6. The van der Waals surface area contributed by atoms with E-state index in [0.29, 0.717) is 23.7 Å². The molecule has 13 heavy (non-hydrogen) atoms. The van der Waals surface area contributed by atoms with E-state index in [1.54, 1.807) is 6.21 Å². The third kappa shape index (κ3) is 0.916. The molecular weight excluding hydrogens is 162 g/mol. The van der Waals surface area contributed by atoms with Crippen molar-refractivity contribution in [2.24, 2.45) is 28.8 Å². The van der Waals surface area contributed by atoms with Crippen molar-refractivity contribution in [1.29, 1.82) is 0 Å². The standard InChI is InChI=1S/C11H11NO/c13-12-6-8-5-7-1-3-9-10(4-2-7)11(8)9/h1-7,9-11,13H. The van der Waals surface area contributed by atoms with Crippen LogP contribution in [0.15, 0.2) is 41.1 Å². The van der Waals surface area contributed by atoms with Gasteiger partial charge in [0, 0.05) is 5.92 Å². The molecule has 0 heterocycles. The Labute approximate surface area is 76.9 Å². The van der Waals surface area contributed by atoms with Crippen molar-refractivity contribution in [2.75, 3.05) is 0 Å². The molecule has 0 aromatic rings. The number of hydrogen-bond acceptors (Lipinski definition) is 2. The summed E-state index contributed by atoms with van der Waals surface area (Å²) in [5.41, 5.74) is 1.19. The predicted octanol–water partition coefficient (Wildman–Crippen LogP) is 1.99. The smallest absolute Gasteiger partial charge is 0.0693 e. The van der Waals surface area contributed by atoms with E-state index in [1.165, 1.54) is 5.57 Å². The molecule has 0 aromatic carbocycles. The summed E-state index contributed by atoms with van der Waals surface area (Å²) in [5, 5.41) is 11.7. The van der Waals surface area contributed by atoms with Crippen LogP contribution in [0.25, 0.3) is 0 Å². The fraction of sp³-hybridized carbons (Fsp3) is 0.364. The maximum atomic E-state index is 8.53. The highest BCUT2D eigenvalue weighted by molar-refractivity contribution is 5.81. The van der Waals surface area contributed by atoms with Crippen LogP contribution >= 0.6 is 0 Å². The van der Waals surface area contributed by atoms with Gasteiger partial charge in [0.25, 0.3) is 0 Å². The fourth-order valence-electron chi connectivity index (χ4n) is 2.52. The van der Waals surface area contributed by atoms with Gasteiger partial charge in [-0.05, 0) is 23.3 Å². The summed E-state index contributed by atoms with van der Waals surface area (Å²) in [4.78, 5) is 0. The molecule has 2 atom stereocenters. The monoisotopic (exact) mass is 173 g/mol. The molecular formula is C11H11NO. The zero-order chi connectivity index (χ0) is 8.84. The van der Waals surface area contributed by atoms with Crippen LogP contribution in [-0.2, 0) is 0 Å². The third-order valence-electron chi connectivity index (χ3n) is 3.22. The molecule has 4 rings (SSSR count). The van der Waals surface area contributed by atoms with Gasteiger partial charge in [-0.15, -0.1) is 0 Å². The largest absolute Gasteiger partial charge is 0.411 e. The van der Waals surface area contributed by atoms with Gasteiger partial charge < -0.3 is 5.21 Å². The quantitative estimate of drug-likeness (QED) is 0.280. The molecule has 2 nitrogen and oxygen atoms in total. The van der Waals surface area contributed by atoms with Gasteiger partial charge in [-0.2, -0.15) is 0 Å². The van der Waals surface area contributed by atoms with Crippen LogP contribution in [0.1, 0.15) is 0 Å². The van der Waals surface area contributed by atoms with Crippen molar-refractivity contribution in [3.8, 4) is 0 Å². The average Bonchev–Trinajstić information content (AvgIpc) is 2.81. The van der Waals surface area contributed by atoms with E-state index in [-0.39, 0.29) is 0 Å². The fourth-order valence-corrected chi connectivity index (χ4v) is 2.52. The van der Waals surface area contributed by atoms with Crippen LogP contribution in [0.2, 0.25) is 0 Å². The highest BCUT2D eigenvalue weighted by Gasteiger charge is 2.50. The molecule has 2 unspecified atom stereocenters. The Hall–Kier alpha value is -1.31. The Bertz CT molecular complexity index is 331. The minimum Gasteiger partial charge on any atom is -0.411 e. The Balaban J connectivity index is 2.04. The van der Waals surface area contributed by atoms with Crippen molar-refractivity contribution >= 4 is 6.21 Å². The maximum absolute atomic E-state index is 8.53. The van der Waals surface area contributed by atoms with Crippen LogP contribution < -0.4 is 0 Å². The minimum absolute atomic E-state index is 0.410. The lowest BCUT2D eigenvalue weighted by Crippen LogP contribution is -1.92. The van der Waals surface area contributed by atoms with Gasteiger partial charge in [0.05, 0.1) is 6.21 Å². The van der Waals surface area contributed by atoms with Crippen LogP contribution in [0.3, 0.4) is 0 Å². The molecule has 0 amide bonds. The first kappa shape index (κ1) is 7.13. The molecule has 0 aromatic heterocycles. The first-order chi connectivity index (χ1) is 6.40. The topological polar surface area (TPSA) is 32.6 Å². The summed E-state index contributed by atoms with van der Waals surface area (Å²) in [5.74, 6) is 2.31. The Morgan fingerprint density at radius 1 is 1.15 bits per heavy atom. The van der Waals surface area contributed by atoms with Crippen LogP contribution in [-0.4, -0.2) is 11.4 Å². The number of rotatable bonds is 1. The number of hydrogen-bond donors (Lipinski definition) is 1. The van der Waals surface area contributed by atoms with Crippen molar-refractivity contribution < 1.29 is 5.21 Å². The molecule has 1 N–H and O–H groups in total. The second kappa shape index (κ2) is 2.34. The molecule has 1 fully saturated rings. The molecule has 4 bridgehead atoms. The molecule has 4 aliphatic rings. The van der Waals surface area contributed by atoms with Crippen molar-refractivity contribution in [3.63, 3.8) is 0 Å². The van der Waals surface area contributed by atoms with Crippen molar-refractivity contribution in [3.05, 3.63) is 36.0 Å². The first-order valence-electron chi connectivity index (χ1n) is 4.66. The van der Waals surface area contributed by atoms with Gasteiger partial charge in [0.2, 0.25) is 0 Å². The molecule has 66 valence electrons. The molecule has 4 aliphatic carbocycles. The minimum atomic E-state index is 0.410. The van der Waals surface area contributed by atoms with E-state index in [9.17, 15) is 0 Å². The van der Waals surface area contributed by atoms with E-state index in [1.807, 2.05) is 0 Å². The SMILES string of the molecule is ON=CC1=CC2C=CC3C(C=C2)C13. The second-order valence-electron chi connectivity index (χ2n) is 3.94. The van der Waals surface area contributed by atoms with Crippen LogP contribution in [0, 0.1) is 23.7 Å². The molecule has 0 spiro atoms. The number of nitrogens with zero attached hydrogens (tertiary/aromatic N) is 1. The maximum Gasteiger partial charge on any atom is 0.0693 e. The van der Waals surface area contributed by atoms with Gasteiger partial charge >= 0.3 is 0 Å². The Morgan fingerprint density at radius 2 is 1.85 bits per heavy atom. The molecule has 2 heteroatoms. The first-order valence-corrected chi connectivity index (χ1v) is 4.66. The van der Waals surface area contributed by atoms with Crippen LogP contribution in [0.5, 0.6) is 0 Å². The van der Waals surface area contributed by atoms with Gasteiger partial charge in [-0.25, -0.2) is 0 Å².